The van der Waals surface area contributed by atoms with Crippen molar-refractivity contribution in [3.05, 3.63) is 42.2 Å². The van der Waals surface area contributed by atoms with E-state index in [1.54, 1.807) is 12.1 Å². The van der Waals surface area contributed by atoms with E-state index in [1.807, 2.05) is 11.0 Å². The molecule has 1 fully saturated rings. The summed E-state index contributed by atoms with van der Waals surface area (Å²) >= 11 is 0. The number of piperidine rings is 1. The van der Waals surface area contributed by atoms with Gasteiger partial charge < -0.3 is 15.3 Å². The standard InChI is InChI=1S/C16H21FN2O2/c1-2-7-18-11-12-3-4-14(17)15(10-12)19-8-5-13(6-9-19)16(20)21/h2-4,10,13,18H,1,5-9,11H2,(H,20,21). The Bertz CT molecular complexity index is 511. The van der Waals surface area contributed by atoms with Crippen LogP contribution in [0.25, 0.3) is 0 Å². The Hall–Kier alpha value is -1.88. The molecule has 1 aliphatic rings. The lowest BCUT2D eigenvalue weighted by molar-refractivity contribution is -0.142. The van der Waals surface area contributed by atoms with Crippen LogP contribution in [-0.2, 0) is 11.3 Å². The van der Waals surface area contributed by atoms with Gasteiger partial charge in [0.2, 0.25) is 0 Å². The number of hydrogen-bond donors (Lipinski definition) is 2. The van der Waals surface area contributed by atoms with Crippen LogP contribution in [0.5, 0.6) is 0 Å². The van der Waals surface area contributed by atoms with Crippen LogP contribution in [0.3, 0.4) is 0 Å². The molecule has 2 N–H and O–H groups in total. The zero-order valence-corrected chi connectivity index (χ0v) is 12.0. The number of halogens is 1. The maximum Gasteiger partial charge on any atom is 0.306 e. The van der Waals surface area contributed by atoms with Gasteiger partial charge in [0.25, 0.3) is 0 Å². The topological polar surface area (TPSA) is 52.6 Å². The molecule has 1 aromatic carbocycles. The average molecular weight is 292 g/mol. The molecule has 1 aromatic rings. The van der Waals surface area contributed by atoms with Crippen molar-refractivity contribution in [1.29, 1.82) is 0 Å². The summed E-state index contributed by atoms with van der Waals surface area (Å²) in [5.41, 5.74) is 1.57. The number of rotatable bonds is 6. The Morgan fingerprint density at radius 2 is 2.19 bits per heavy atom. The fourth-order valence-corrected chi connectivity index (χ4v) is 2.60. The number of hydrogen-bond acceptors (Lipinski definition) is 3. The number of anilines is 1. The molecule has 0 saturated carbocycles. The maximum atomic E-state index is 14.0. The molecule has 0 spiro atoms. The number of nitrogens with one attached hydrogen (secondary N) is 1. The molecule has 1 heterocycles. The number of carboxylic acid groups (broad SMARTS) is 1. The van der Waals surface area contributed by atoms with Crippen LogP contribution in [0.2, 0.25) is 0 Å². The SMILES string of the molecule is C=CCNCc1ccc(F)c(N2CCC(C(=O)O)CC2)c1. The highest BCUT2D eigenvalue weighted by molar-refractivity contribution is 5.70. The first-order valence-electron chi connectivity index (χ1n) is 7.19. The third kappa shape index (κ3) is 4.04. The Morgan fingerprint density at radius 3 is 2.81 bits per heavy atom. The molecule has 0 aliphatic carbocycles. The van der Waals surface area contributed by atoms with E-state index in [0.29, 0.717) is 44.7 Å². The molecule has 2 rings (SSSR count). The van der Waals surface area contributed by atoms with Gasteiger partial charge in [-0.25, -0.2) is 4.39 Å². The number of carboxylic acids is 1. The molecule has 5 heteroatoms. The molecular weight excluding hydrogens is 271 g/mol. The van der Waals surface area contributed by atoms with Crippen LogP contribution in [0.1, 0.15) is 18.4 Å². The molecule has 1 aliphatic heterocycles. The van der Waals surface area contributed by atoms with Crippen molar-refractivity contribution < 1.29 is 14.3 Å². The number of aliphatic carboxylic acids is 1. The van der Waals surface area contributed by atoms with E-state index in [9.17, 15) is 9.18 Å². The highest BCUT2D eigenvalue weighted by Gasteiger charge is 2.25. The summed E-state index contributed by atoms with van der Waals surface area (Å²) in [7, 11) is 0. The minimum Gasteiger partial charge on any atom is -0.481 e. The summed E-state index contributed by atoms with van der Waals surface area (Å²) in [6.07, 6.45) is 2.91. The summed E-state index contributed by atoms with van der Waals surface area (Å²) in [6.45, 7) is 6.16. The van der Waals surface area contributed by atoms with Crippen molar-refractivity contribution in [2.45, 2.75) is 19.4 Å². The van der Waals surface area contributed by atoms with E-state index in [1.165, 1.54) is 6.07 Å². The zero-order chi connectivity index (χ0) is 15.2. The Labute approximate surface area is 124 Å². The van der Waals surface area contributed by atoms with E-state index in [-0.39, 0.29) is 11.7 Å². The molecule has 0 amide bonds. The Kier molecular flexibility index (Phi) is 5.33. The summed E-state index contributed by atoms with van der Waals surface area (Å²) in [6, 6.07) is 5.08. The molecule has 114 valence electrons. The van der Waals surface area contributed by atoms with Gasteiger partial charge in [-0.3, -0.25) is 4.79 Å². The molecule has 21 heavy (non-hydrogen) atoms. The third-order valence-corrected chi connectivity index (χ3v) is 3.81. The van der Waals surface area contributed by atoms with Gasteiger partial charge in [0.05, 0.1) is 11.6 Å². The van der Waals surface area contributed by atoms with Crippen molar-refractivity contribution in [3.63, 3.8) is 0 Å². The second-order valence-electron chi connectivity index (χ2n) is 5.30. The summed E-state index contributed by atoms with van der Waals surface area (Å²) in [5, 5.41) is 12.2. The Morgan fingerprint density at radius 1 is 1.48 bits per heavy atom. The monoisotopic (exact) mass is 292 g/mol. The van der Waals surface area contributed by atoms with Crippen LogP contribution in [0.15, 0.2) is 30.9 Å². The number of nitrogens with zero attached hydrogens (tertiary/aromatic N) is 1. The predicted molar refractivity (Wildman–Crippen MR) is 80.9 cm³/mol. The van der Waals surface area contributed by atoms with Crippen molar-refractivity contribution in [1.82, 2.24) is 5.32 Å². The lowest BCUT2D eigenvalue weighted by Crippen LogP contribution is -2.36. The van der Waals surface area contributed by atoms with E-state index >= 15 is 0 Å². The van der Waals surface area contributed by atoms with Gasteiger partial charge >= 0.3 is 5.97 Å². The quantitative estimate of drug-likeness (QED) is 0.624. The van der Waals surface area contributed by atoms with Gasteiger partial charge in [0.1, 0.15) is 5.82 Å². The van der Waals surface area contributed by atoms with E-state index in [4.69, 9.17) is 5.11 Å². The Balaban J connectivity index is 2.03. The molecule has 0 unspecified atom stereocenters. The van der Waals surface area contributed by atoms with Gasteiger partial charge in [-0.15, -0.1) is 6.58 Å². The van der Waals surface area contributed by atoms with Gasteiger partial charge in [-0.05, 0) is 30.5 Å². The van der Waals surface area contributed by atoms with Crippen molar-refractivity contribution in [2.24, 2.45) is 5.92 Å². The smallest absolute Gasteiger partial charge is 0.306 e. The van der Waals surface area contributed by atoms with E-state index in [0.717, 1.165) is 5.56 Å². The minimum absolute atomic E-state index is 0.253. The van der Waals surface area contributed by atoms with Crippen LogP contribution in [0, 0.1) is 11.7 Å². The van der Waals surface area contributed by atoms with Crippen LogP contribution >= 0.6 is 0 Å². The predicted octanol–water partition coefficient (Wildman–Crippen LogP) is 2.40. The molecule has 0 aromatic heterocycles. The first-order chi connectivity index (χ1) is 10.1. The van der Waals surface area contributed by atoms with E-state index in [2.05, 4.69) is 11.9 Å². The van der Waals surface area contributed by atoms with Gasteiger partial charge in [0.15, 0.2) is 0 Å². The van der Waals surface area contributed by atoms with Crippen molar-refractivity contribution >= 4 is 11.7 Å². The van der Waals surface area contributed by atoms with Gasteiger partial charge in [-0.1, -0.05) is 12.1 Å². The number of carbonyl (C=O) groups is 1. The first kappa shape index (κ1) is 15.5. The van der Waals surface area contributed by atoms with Crippen LogP contribution < -0.4 is 10.2 Å². The van der Waals surface area contributed by atoms with Gasteiger partial charge in [-0.2, -0.15) is 0 Å². The van der Waals surface area contributed by atoms with Crippen molar-refractivity contribution in [3.8, 4) is 0 Å². The lowest BCUT2D eigenvalue weighted by Gasteiger charge is -2.32. The normalized spacial score (nSPS) is 16.0. The van der Waals surface area contributed by atoms with Gasteiger partial charge in [0, 0.05) is 26.2 Å². The number of benzene rings is 1. The molecule has 1 saturated heterocycles. The maximum absolute atomic E-state index is 14.0. The summed E-state index contributed by atoms with van der Waals surface area (Å²) in [5.74, 6) is -1.31. The zero-order valence-electron chi connectivity index (χ0n) is 12.0. The molecule has 0 radical (unpaired) electrons. The molecule has 4 nitrogen and oxygen atoms in total. The third-order valence-electron chi connectivity index (χ3n) is 3.81. The highest BCUT2D eigenvalue weighted by Crippen LogP contribution is 2.26. The lowest BCUT2D eigenvalue weighted by atomic mass is 9.96. The average Bonchev–Trinajstić information content (AvgIpc) is 2.49. The van der Waals surface area contributed by atoms with E-state index < -0.39 is 5.97 Å². The largest absolute Gasteiger partial charge is 0.481 e. The molecular formula is C16H21FN2O2. The van der Waals surface area contributed by atoms with Crippen LogP contribution in [0.4, 0.5) is 10.1 Å². The first-order valence-corrected chi connectivity index (χ1v) is 7.19. The highest BCUT2D eigenvalue weighted by atomic mass is 19.1. The fourth-order valence-electron chi connectivity index (χ4n) is 2.60. The molecule has 0 bridgehead atoms. The summed E-state index contributed by atoms with van der Waals surface area (Å²) < 4.78 is 14.0. The summed E-state index contributed by atoms with van der Waals surface area (Å²) in [4.78, 5) is 12.9. The second-order valence-corrected chi connectivity index (χ2v) is 5.30. The van der Waals surface area contributed by atoms with Crippen LogP contribution in [-0.4, -0.2) is 30.7 Å². The minimum atomic E-state index is -0.752. The van der Waals surface area contributed by atoms with Crippen molar-refractivity contribution in [2.75, 3.05) is 24.5 Å². The second kappa shape index (κ2) is 7.22. The fraction of sp³-hybridized carbons (Fsp3) is 0.438. The molecule has 0 atom stereocenters.